The third-order valence-electron chi connectivity index (χ3n) is 4.04. The van der Waals surface area contributed by atoms with Gasteiger partial charge >= 0.3 is 183 Å². The summed E-state index contributed by atoms with van der Waals surface area (Å²) in [5.41, 5.74) is -1.13. The van der Waals surface area contributed by atoms with Gasteiger partial charge in [-0.05, 0) is 0 Å². The first-order valence-corrected chi connectivity index (χ1v) is 10.8. The van der Waals surface area contributed by atoms with Crippen LogP contribution < -0.4 is 39.3 Å². The summed E-state index contributed by atoms with van der Waals surface area (Å²) in [6.07, 6.45) is 0. The Morgan fingerprint density at radius 1 is 0.897 bits per heavy atom. The number of hydrogen-bond acceptors (Lipinski definition) is 8. The van der Waals surface area contributed by atoms with Gasteiger partial charge in [0, 0.05) is 0 Å². The molecule has 0 fully saturated rings. The number of carbonyl (C=O) groups is 2. The van der Waals surface area contributed by atoms with Gasteiger partial charge in [0.25, 0.3) is 0 Å². The predicted octanol–water partition coefficient (Wildman–Crippen LogP) is 0.800. The van der Waals surface area contributed by atoms with Crippen LogP contribution in [0.1, 0.15) is 62.3 Å². The van der Waals surface area contributed by atoms with Crippen LogP contribution in [0, 0.1) is 10.8 Å². The van der Waals surface area contributed by atoms with Crippen LogP contribution in [-0.4, -0.2) is 39.4 Å². The van der Waals surface area contributed by atoms with E-state index < -0.39 is 32.9 Å². The number of benzene rings is 1. The molecule has 29 heavy (non-hydrogen) atoms. The van der Waals surface area contributed by atoms with Crippen molar-refractivity contribution in [3.8, 4) is 23.0 Å². The number of methoxy groups -OCH3 is 1. The minimum atomic E-state index is -1.21. The van der Waals surface area contributed by atoms with Crippen molar-refractivity contribution in [2.75, 3.05) is 27.8 Å². The zero-order chi connectivity index (χ0) is 22.0. The van der Waals surface area contributed by atoms with Crippen LogP contribution in [0.25, 0.3) is 0 Å². The summed E-state index contributed by atoms with van der Waals surface area (Å²) >= 11 is -1.21. The fraction of sp³-hybridized carbons (Fsp3) is 0.600. The number of carbonyl (C=O) groups excluding carboxylic acids is 2. The zero-order valence-corrected chi connectivity index (χ0v) is 20.2. The van der Waals surface area contributed by atoms with Crippen LogP contribution in [0.4, 0.5) is 0 Å². The monoisotopic (exact) mass is 523 g/mol. The summed E-state index contributed by atoms with van der Waals surface area (Å²) in [6.45, 7) is 10.5. The number of rotatable bonds is 8. The Hall–Kier alpha value is -1.59. The molecule has 9 heteroatoms. The van der Waals surface area contributed by atoms with Crippen LogP contribution in [0.3, 0.4) is 0 Å². The molecule has 1 aromatic carbocycles. The van der Waals surface area contributed by atoms with Crippen molar-refractivity contribution in [2.45, 2.75) is 41.5 Å². The van der Waals surface area contributed by atoms with Crippen LogP contribution in [-0.2, 0) is 7.80 Å². The predicted molar refractivity (Wildman–Crippen MR) is 100 cm³/mol. The first-order chi connectivity index (χ1) is 13.4. The van der Waals surface area contributed by atoms with Crippen LogP contribution in [0.15, 0.2) is 0 Å². The van der Waals surface area contributed by atoms with E-state index in [4.69, 9.17) is 25.1 Å². The molecule has 1 aliphatic rings. The maximum absolute atomic E-state index is 13.3. The second-order valence-corrected chi connectivity index (χ2v) is 10.2. The number of ether oxygens (including phenoxy) is 4. The summed E-state index contributed by atoms with van der Waals surface area (Å²) in [5.74, 6) is 0.129. The average molecular weight is 523 g/mol. The van der Waals surface area contributed by atoms with Gasteiger partial charge in [0.15, 0.2) is 0 Å². The number of fused-ring (bicyclic) bond motifs is 1. The summed E-state index contributed by atoms with van der Waals surface area (Å²) in [5, 5.41) is 0. The molecule has 0 spiro atoms. The van der Waals surface area contributed by atoms with E-state index in [1.165, 1.54) is 14.2 Å². The minimum absolute atomic E-state index is 0.0976. The summed E-state index contributed by atoms with van der Waals surface area (Å²) in [7, 11) is 2.96. The van der Waals surface area contributed by atoms with E-state index in [1.807, 2.05) is 0 Å². The third kappa shape index (κ3) is 4.95. The van der Waals surface area contributed by atoms with E-state index in [2.05, 4.69) is 0 Å². The van der Waals surface area contributed by atoms with Gasteiger partial charge in [0.05, 0.1) is 0 Å². The second-order valence-electron chi connectivity index (χ2n) is 8.48. The van der Waals surface area contributed by atoms with Gasteiger partial charge in [-0.15, -0.1) is 0 Å². The van der Waals surface area contributed by atoms with Crippen molar-refractivity contribution in [3.63, 3.8) is 0 Å². The molecule has 0 atom stereocenters. The number of hydrogen-bond donors (Lipinski definition) is 0. The zero-order valence-electron chi connectivity index (χ0n) is 18.1. The van der Waals surface area contributed by atoms with E-state index in [1.54, 1.807) is 41.5 Å². The van der Waals surface area contributed by atoms with Crippen LogP contribution in [0.5, 0.6) is 23.0 Å². The Morgan fingerprint density at radius 3 is 1.79 bits per heavy atom. The van der Waals surface area contributed by atoms with Gasteiger partial charge in [0.1, 0.15) is 0 Å². The molecular weight excluding hydrogens is 495 g/mol. The molecule has 0 radical (unpaired) electrons. The van der Waals surface area contributed by atoms with Gasteiger partial charge in [-0.2, -0.15) is 0 Å². The summed E-state index contributed by atoms with van der Waals surface area (Å²) in [6, 6.07) is 0. The van der Waals surface area contributed by atoms with E-state index in [0.717, 1.165) is 0 Å². The van der Waals surface area contributed by atoms with Crippen LogP contribution >= 0.6 is 0 Å². The third-order valence-corrected chi connectivity index (χ3v) is 5.02. The van der Waals surface area contributed by atoms with Gasteiger partial charge in [-0.25, -0.2) is 0 Å². The van der Waals surface area contributed by atoms with E-state index >= 15 is 0 Å². The Balaban J connectivity index is 2.90. The molecule has 0 saturated heterocycles. The molecule has 0 aliphatic carbocycles. The second kappa shape index (κ2) is 9.05. The Labute approximate surface area is 182 Å². The molecule has 1 aromatic rings. The fourth-order valence-corrected chi connectivity index (χ4v) is 3.42. The van der Waals surface area contributed by atoms with Crippen molar-refractivity contribution in [3.05, 3.63) is 11.1 Å². The van der Waals surface area contributed by atoms with Gasteiger partial charge in [-0.1, -0.05) is 0 Å². The Bertz CT molecular complexity index is 724. The number of ketones is 2. The first-order valence-electron chi connectivity index (χ1n) is 9.00. The van der Waals surface area contributed by atoms with Crippen molar-refractivity contribution in [2.24, 2.45) is 10.8 Å². The SMILES string of the molecule is COCOc1c(O[I-]OC)c(C(=O)C(C)(C)C)c2c(c1C(=O)C(C)(C)C)OCO2. The van der Waals surface area contributed by atoms with Crippen molar-refractivity contribution in [1.29, 1.82) is 0 Å². The Morgan fingerprint density at radius 2 is 1.38 bits per heavy atom. The van der Waals surface area contributed by atoms with Gasteiger partial charge in [-0.3, -0.25) is 0 Å². The molecule has 2 rings (SSSR count). The average Bonchev–Trinajstić information content (AvgIpc) is 3.09. The number of Topliss-reactive ketones (excluding diaryl/α,β-unsaturated/α-hetero) is 2. The van der Waals surface area contributed by atoms with Crippen molar-refractivity contribution in [1.82, 2.24) is 0 Å². The quantitative estimate of drug-likeness (QED) is 0.281. The Kier molecular flexibility index (Phi) is 7.39. The molecule has 0 aromatic heterocycles. The molecule has 164 valence electrons. The summed E-state index contributed by atoms with van der Waals surface area (Å²) in [4.78, 5) is 26.6. The summed E-state index contributed by atoms with van der Waals surface area (Å²) < 4.78 is 33.1. The molecule has 1 aliphatic heterocycles. The topological polar surface area (TPSA) is 89.5 Å². The molecule has 0 N–H and O–H groups in total. The van der Waals surface area contributed by atoms with Crippen molar-refractivity contribution < 1.29 is 56.7 Å². The standard InChI is InChI=1S/C20H28IO8/c1-19(2,3)17(22)11-13-14(28-10-27-13)12(18(23)20(4,5)6)16(29-21-25-8)15(11)26-9-24-7/h9-10H2,1-8H3/q-1. The normalized spacial score (nSPS) is 13.5. The molecule has 0 amide bonds. The fourth-order valence-electron chi connectivity index (χ4n) is 2.64. The van der Waals surface area contributed by atoms with Gasteiger partial charge < -0.3 is 0 Å². The number of halogens is 1. The van der Waals surface area contributed by atoms with Gasteiger partial charge in [0.2, 0.25) is 0 Å². The molecule has 8 nitrogen and oxygen atoms in total. The molecule has 0 saturated carbocycles. The maximum atomic E-state index is 13.3. The van der Waals surface area contributed by atoms with Crippen LogP contribution in [0.2, 0.25) is 0 Å². The van der Waals surface area contributed by atoms with E-state index in [-0.39, 0.29) is 59.3 Å². The molecule has 0 unspecified atom stereocenters. The van der Waals surface area contributed by atoms with Crippen molar-refractivity contribution >= 4 is 11.6 Å². The van der Waals surface area contributed by atoms with E-state index in [0.29, 0.717) is 0 Å². The van der Waals surface area contributed by atoms with E-state index in [9.17, 15) is 9.59 Å². The first kappa shape index (κ1) is 23.7. The molecule has 1 heterocycles. The molecule has 0 bridgehead atoms. The molecular formula is C20H28IO8-.